The molecule has 25 heavy (non-hydrogen) atoms. The monoisotopic (exact) mass is 338 g/mol. The third kappa shape index (κ3) is 5.45. The summed E-state index contributed by atoms with van der Waals surface area (Å²) >= 11 is 0. The minimum Gasteiger partial charge on any atom is -0.507 e. The zero-order chi connectivity index (χ0) is 18.1. The first-order valence-electron chi connectivity index (χ1n) is 8.84. The highest BCUT2D eigenvalue weighted by Gasteiger charge is 2.12. The second-order valence-corrected chi connectivity index (χ2v) is 6.15. The molecule has 0 aromatic heterocycles. The zero-order valence-electron chi connectivity index (χ0n) is 15.0. The predicted octanol–water partition coefficient (Wildman–Crippen LogP) is 4.81. The lowest BCUT2D eigenvalue weighted by Crippen LogP contribution is -2.20. The van der Waals surface area contributed by atoms with Gasteiger partial charge in [0.25, 0.3) is 5.91 Å². The number of unbranched alkanes of at least 4 members (excludes halogenated alkanes) is 3. The molecule has 4 nitrogen and oxygen atoms in total. The smallest absolute Gasteiger partial charge is 0.275 e. The van der Waals surface area contributed by atoms with E-state index in [4.69, 9.17) is 0 Å². The molecule has 0 radical (unpaired) electrons. The van der Waals surface area contributed by atoms with Crippen molar-refractivity contribution in [3.63, 3.8) is 0 Å². The fourth-order valence-corrected chi connectivity index (χ4v) is 2.64. The van der Waals surface area contributed by atoms with Crippen molar-refractivity contribution in [2.24, 2.45) is 5.10 Å². The van der Waals surface area contributed by atoms with Crippen molar-refractivity contribution in [2.75, 3.05) is 0 Å². The standard InChI is InChI=1S/C21H26N2O2/c1-3-4-5-9-15-19(17-12-7-6-8-13-17)22-23-21(25)18-14-10-11-16(2)20(18)24/h6-8,10-14,24H,3-5,9,15H2,1-2H3,(H,23,25)/b22-19+. The third-order valence-electron chi connectivity index (χ3n) is 4.15. The van der Waals surface area contributed by atoms with E-state index in [0.29, 0.717) is 5.56 Å². The molecule has 0 bridgehead atoms. The van der Waals surface area contributed by atoms with Gasteiger partial charge in [0.05, 0.1) is 11.3 Å². The van der Waals surface area contributed by atoms with E-state index in [2.05, 4.69) is 17.5 Å². The van der Waals surface area contributed by atoms with Crippen LogP contribution in [0.1, 0.15) is 60.5 Å². The number of rotatable bonds is 8. The van der Waals surface area contributed by atoms with Gasteiger partial charge in [-0.25, -0.2) is 5.43 Å². The first kappa shape index (κ1) is 18.7. The van der Waals surface area contributed by atoms with Gasteiger partial charge in [-0.3, -0.25) is 4.79 Å². The topological polar surface area (TPSA) is 61.7 Å². The summed E-state index contributed by atoms with van der Waals surface area (Å²) in [5, 5.41) is 14.4. The second-order valence-electron chi connectivity index (χ2n) is 6.15. The van der Waals surface area contributed by atoms with Crippen LogP contribution < -0.4 is 5.43 Å². The van der Waals surface area contributed by atoms with Crippen molar-refractivity contribution >= 4 is 11.6 Å². The Morgan fingerprint density at radius 1 is 1.04 bits per heavy atom. The molecule has 2 rings (SSSR count). The second kappa shape index (κ2) is 9.62. The molecule has 0 saturated heterocycles. The molecule has 0 unspecified atom stereocenters. The normalized spacial score (nSPS) is 11.4. The number of aromatic hydroxyl groups is 1. The summed E-state index contributed by atoms with van der Waals surface area (Å²) in [5.74, 6) is -0.400. The van der Waals surface area contributed by atoms with Gasteiger partial charge in [-0.2, -0.15) is 5.10 Å². The van der Waals surface area contributed by atoms with Gasteiger partial charge >= 0.3 is 0 Å². The lowest BCUT2D eigenvalue weighted by molar-refractivity contribution is 0.0952. The molecule has 0 aliphatic rings. The van der Waals surface area contributed by atoms with Gasteiger partial charge in [-0.1, -0.05) is 68.7 Å². The van der Waals surface area contributed by atoms with E-state index in [9.17, 15) is 9.90 Å². The quantitative estimate of drug-likeness (QED) is 0.412. The molecule has 4 heteroatoms. The molecule has 0 atom stereocenters. The van der Waals surface area contributed by atoms with Crippen LogP contribution in [0.4, 0.5) is 0 Å². The van der Waals surface area contributed by atoms with E-state index in [1.165, 1.54) is 12.8 Å². The van der Waals surface area contributed by atoms with E-state index in [0.717, 1.165) is 30.5 Å². The fourth-order valence-electron chi connectivity index (χ4n) is 2.64. The van der Waals surface area contributed by atoms with Crippen molar-refractivity contribution < 1.29 is 9.90 Å². The zero-order valence-corrected chi connectivity index (χ0v) is 15.0. The Bertz CT molecular complexity index is 724. The molecule has 1 amide bonds. The lowest BCUT2D eigenvalue weighted by Gasteiger charge is -2.09. The summed E-state index contributed by atoms with van der Waals surface area (Å²) < 4.78 is 0. The summed E-state index contributed by atoms with van der Waals surface area (Å²) in [4.78, 5) is 12.4. The number of hydrogen-bond acceptors (Lipinski definition) is 3. The molecule has 132 valence electrons. The van der Waals surface area contributed by atoms with Gasteiger partial charge in [0, 0.05) is 0 Å². The minimum absolute atomic E-state index is 0.000549. The van der Waals surface area contributed by atoms with Crippen LogP contribution in [0.15, 0.2) is 53.6 Å². The van der Waals surface area contributed by atoms with Gasteiger partial charge in [0.2, 0.25) is 0 Å². The Labute approximate surface area is 149 Å². The summed E-state index contributed by atoms with van der Waals surface area (Å²) in [6, 6.07) is 15.0. The van der Waals surface area contributed by atoms with Crippen molar-refractivity contribution in [1.82, 2.24) is 5.43 Å². The van der Waals surface area contributed by atoms with Crippen LogP contribution in [0.3, 0.4) is 0 Å². The Balaban J connectivity index is 2.13. The van der Waals surface area contributed by atoms with E-state index in [1.807, 2.05) is 30.3 Å². The number of aryl methyl sites for hydroxylation is 1. The van der Waals surface area contributed by atoms with Crippen molar-refractivity contribution in [1.29, 1.82) is 0 Å². The van der Waals surface area contributed by atoms with Crippen LogP contribution in [-0.4, -0.2) is 16.7 Å². The number of hydrogen-bond donors (Lipinski definition) is 2. The van der Waals surface area contributed by atoms with E-state index in [1.54, 1.807) is 25.1 Å². The third-order valence-corrected chi connectivity index (χ3v) is 4.15. The minimum atomic E-state index is -0.400. The maximum absolute atomic E-state index is 12.4. The Hall–Kier alpha value is -2.62. The largest absolute Gasteiger partial charge is 0.507 e. The average molecular weight is 338 g/mol. The van der Waals surface area contributed by atoms with E-state index in [-0.39, 0.29) is 11.3 Å². The van der Waals surface area contributed by atoms with Crippen LogP contribution in [0.25, 0.3) is 0 Å². The number of phenolic OH excluding ortho intramolecular Hbond substituents is 1. The average Bonchev–Trinajstić information content (AvgIpc) is 2.64. The van der Waals surface area contributed by atoms with Crippen LogP contribution in [0.2, 0.25) is 0 Å². The molecule has 0 aliphatic carbocycles. The highest BCUT2D eigenvalue weighted by Crippen LogP contribution is 2.21. The number of amides is 1. The van der Waals surface area contributed by atoms with E-state index >= 15 is 0 Å². The number of para-hydroxylation sites is 1. The molecule has 0 fully saturated rings. The summed E-state index contributed by atoms with van der Waals surface area (Å²) in [5.41, 5.74) is 5.37. The first-order chi connectivity index (χ1) is 12.1. The number of phenols is 1. The summed E-state index contributed by atoms with van der Waals surface area (Å²) in [7, 11) is 0. The molecular formula is C21H26N2O2. The number of carbonyl (C=O) groups excluding carboxylic acids is 1. The SMILES string of the molecule is CCCCCC/C(=N\NC(=O)c1cccc(C)c1O)c1ccccc1. The van der Waals surface area contributed by atoms with Gasteiger partial charge in [-0.05, 0) is 37.0 Å². The van der Waals surface area contributed by atoms with Gasteiger partial charge in [-0.15, -0.1) is 0 Å². The van der Waals surface area contributed by atoms with E-state index < -0.39 is 5.91 Å². The van der Waals surface area contributed by atoms with Crippen molar-refractivity contribution in [3.8, 4) is 5.75 Å². The Morgan fingerprint density at radius 3 is 2.52 bits per heavy atom. The van der Waals surface area contributed by atoms with Crippen LogP contribution in [0.5, 0.6) is 5.75 Å². The summed E-state index contributed by atoms with van der Waals surface area (Å²) in [6.45, 7) is 3.94. The number of carbonyl (C=O) groups is 1. The molecule has 0 heterocycles. The molecule has 0 saturated carbocycles. The maximum atomic E-state index is 12.4. The Morgan fingerprint density at radius 2 is 1.80 bits per heavy atom. The summed E-state index contributed by atoms with van der Waals surface area (Å²) in [6.07, 6.45) is 5.37. The lowest BCUT2D eigenvalue weighted by atomic mass is 10.0. The first-order valence-corrected chi connectivity index (χ1v) is 8.84. The van der Waals surface area contributed by atoms with Crippen LogP contribution in [-0.2, 0) is 0 Å². The predicted molar refractivity (Wildman–Crippen MR) is 102 cm³/mol. The molecule has 0 aliphatic heterocycles. The van der Waals surface area contributed by atoms with Gasteiger partial charge in [0.1, 0.15) is 5.75 Å². The van der Waals surface area contributed by atoms with Gasteiger partial charge in [0.15, 0.2) is 0 Å². The molecule has 2 N–H and O–H groups in total. The highest BCUT2D eigenvalue weighted by atomic mass is 16.3. The Kier molecular flexibility index (Phi) is 7.20. The van der Waals surface area contributed by atoms with Crippen LogP contribution >= 0.6 is 0 Å². The molecular weight excluding hydrogens is 312 g/mol. The molecule has 0 spiro atoms. The number of hydrazone groups is 1. The van der Waals surface area contributed by atoms with Crippen molar-refractivity contribution in [3.05, 3.63) is 65.2 Å². The fraction of sp³-hybridized carbons (Fsp3) is 0.333. The van der Waals surface area contributed by atoms with Crippen LogP contribution in [0, 0.1) is 6.92 Å². The maximum Gasteiger partial charge on any atom is 0.275 e. The highest BCUT2D eigenvalue weighted by molar-refractivity contribution is 6.02. The number of benzene rings is 2. The van der Waals surface area contributed by atoms with Gasteiger partial charge < -0.3 is 5.11 Å². The number of nitrogens with zero attached hydrogens (tertiary/aromatic N) is 1. The number of nitrogens with one attached hydrogen (secondary N) is 1. The molecule has 2 aromatic rings. The molecule has 2 aromatic carbocycles. The van der Waals surface area contributed by atoms with Crippen molar-refractivity contribution in [2.45, 2.75) is 46.0 Å².